The number of nitrogens with one attached hydrogen (secondary N) is 1. The standard InChI is InChI=1S/C10H17N5O2S/c1-18(16,17)15-4-2-9(3-5-15)14-10-12-6-8(11)7-13-10/h6-7,9H,2-5,11H2,1H3,(H,12,13,14). The van der Waals surface area contributed by atoms with Gasteiger partial charge in [0.2, 0.25) is 16.0 Å². The van der Waals surface area contributed by atoms with E-state index in [0.29, 0.717) is 24.7 Å². The molecule has 100 valence electrons. The minimum absolute atomic E-state index is 0.201. The molecule has 1 aliphatic rings. The quantitative estimate of drug-likeness (QED) is 0.795. The summed E-state index contributed by atoms with van der Waals surface area (Å²) in [6.07, 6.45) is 5.83. The van der Waals surface area contributed by atoms with Crippen molar-refractivity contribution < 1.29 is 8.42 Å². The first-order chi connectivity index (χ1) is 8.45. The number of anilines is 2. The Bertz CT molecular complexity index is 494. The zero-order valence-electron chi connectivity index (χ0n) is 10.2. The highest BCUT2D eigenvalue weighted by Crippen LogP contribution is 2.16. The van der Waals surface area contributed by atoms with Gasteiger partial charge >= 0.3 is 0 Å². The molecule has 18 heavy (non-hydrogen) atoms. The van der Waals surface area contributed by atoms with Gasteiger partial charge in [-0.25, -0.2) is 22.7 Å². The van der Waals surface area contributed by atoms with Crippen LogP contribution in [0.1, 0.15) is 12.8 Å². The van der Waals surface area contributed by atoms with E-state index in [4.69, 9.17) is 5.73 Å². The van der Waals surface area contributed by atoms with Gasteiger partial charge in [0.25, 0.3) is 0 Å². The molecule has 0 unspecified atom stereocenters. The minimum atomic E-state index is -3.07. The lowest BCUT2D eigenvalue weighted by Gasteiger charge is -2.30. The van der Waals surface area contributed by atoms with Crippen LogP contribution in [-0.4, -0.2) is 48.1 Å². The normalized spacial score (nSPS) is 18.7. The van der Waals surface area contributed by atoms with E-state index >= 15 is 0 Å². The van der Waals surface area contributed by atoms with Gasteiger partial charge in [0.05, 0.1) is 24.3 Å². The number of nitrogens with two attached hydrogens (primary N) is 1. The van der Waals surface area contributed by atoms with E-state index in [1.54, 1.807) is 12.4 Å². The van der Waals surface area contributed by atoms with Gasteiger partial charge < -0.3 is 11.1 Å². The van der Waals surface area contributed by atoms with E-state index in [2.05, 4.69) is 15.3 Å². The van der Waals surface area contributed by atoms with Crippen LogP contribution in [0, 0.1) is 0 Å². The van der Waals surface area contributed by atoms with Crippen LogP contribution < -0.4 is 11.1 Å². The lowest BCUT2D eigenvalue weighted by atomic mass is 10.1. The summed E-state index contributed by atoms with van der Waals surface area (Å²) in [6.45, 7) is 1.07. The van der Waals surface area contributed by atoms with E-state index in [9.17, 15) is 8.42 Å². The molecule has 0 radical (unpaired) electrons. The Morgan fingerprint density at radius 3 is 2.39 bits per heavy atom. The summed E-state index contributed by atoms with van der Waals surface area (Å²) in [6, 6.07) is 0.201. The van der Waals surface area contributed by atoms with E-state index < -0.39 is 10.0 Å². The van der Waals surface area contributed by atoms with E-state index in [1.807, 2.05) is 0 Å². The van der Waals surface area contributed by atoms with E-state index in [1.165, 1.54) is 10.6 Å². The third-order valence-electron chi connectivity index (χ3n) is 2.93. The smallest absolute Gasteiger partial charge is 0.222 e. The molecule has 0 saturated carbocycles. The molecule has 1 aromatic heterocycles. The number of sulfonamides is 1. The molecule has 0 atom stereocenters. The Morgan fingerprint density at radius 2 is 1.89 bits per heavy atom. The Balaban J connectivity index is 1.89. The van der Waals surface area contributed by atoms with E-state index in [0.717, 1.165) is 12.8 Å². The summed E-state index contributed by atoms with van der Waals surface area (Å²) in [5, 5.41) is 3.18. The largest absolute Gasteiger partial charge is 0.396 e. The second-order valence-corrected chi connectivity index (χ2v) is 6.40. The molecule has 0 aromatic carbocycles. The lowest BCUT2D eigenvalue weighted by molar-refractivity contribution is 0.331. The molecular formula is C10H17N5O2S. The van der Waals surface area contributed by atoms with Crippen molar-refractivity contribution in [2.24, 2.45) is 0 Å². The van der Waals surface area contributed by atoms with Gasteiger partial charge in [-0.3, -0.25) is 0 Å². The summed E-state index contributed by atoms with van der Waals surface area (Å²) < 4.78 is 24.2. The zero-order chi connectivity index (χ0) is 13.2. The summed E-state index contributed by atoms with van der Waals surface area (Å²) in [4.78, 5) is 8.12. The van der Waals surface area contributed by atoms with Crippen molar-refractivity contribution in [3.8, 4) is 0 Å². The molecule has 0 amide bonds. The molecule has 1 saturated heterocycles. The van der Waals surface area contributed by atoms with Crippen LogP contribution in [0.2, 0.25) is 0 Å². The second-order valence-electron chi connectivity index (χ2n) is 4.42. The highest BCUT2D eigenvalue weighted by Gasteiger charge is 2.24. The van der Waals surface area contributed by atoms with Gasteiger partial charge in [0, 0.05) is 19.1 Å². The summed E-state index contributed by atoms with van der Waals surface area (Å²) in [5.74, 6) is 0.530. The second kappa shape index (κ2) is 5.07. The maximum absolute atomic E-state index is 11.4. The average molecular weight is 271 g/mol. The molecule has 2 heterocycles. The first kappa shape index (κ1) is 13.0. The summed E-state index contributed by atoms with van der Waals surface area (Å²) >= 11 is 0. The molecule has 1 fully saturated rings. The number of rotatable bonds is 3. The number of hydrogen-bond donors (Lipinski definition) is 2. The predicted molar refractivity (Wildman–Crippen MR) is 69.5 cm³/mol. The van der Waals surface area contributed by atoms with Crippen LogP contribution in [0.15, 0.2) is 12.4 Å². The molecule has 2 rings (SSSR count). The number of nitrogen functional groups attached to an aromatic ring is 1. The summed E-state index contributed by atoms with van der Waals surface area (Å²) in [7, 11) is -3.07. The highest BCUT2D eigenvalue weighted by molar-refractivity contribution is 7.88. The van der Waals surface area contributed by atoms with Gasteiger partial charge in [-0.1, -0.05) is 0 Å². The average Bonchev–Trinajstić information content (AvgIpc) is 2.32. The molecule has 3 N–H and O–H groups in total. The van der Waals surface area contributed by atoms with Gasteiger partial charge in [0.15, 0.2) is 0 Å². The molecule has 0 spiro atoms. The fourth-order valence-corrected chi connectivity index (χ4v) is 2.80. The maximum atomic E-state index is 11.4. The molecule has 0 bridgehead atoms. The lowest BCUT2D eigenvalue weighted by Crippen LogP contribution is -2.42. The van der Waals surface area contributed by atoms with Gasteiger partial charge in [-0.15, -0.1) is 0 Å². The van der Waals surface area contributed by atoms with Gasteiger partial charge in [-0.2, -0.15) is 0 Å². The van der Waals surface area contributed by atoms with Crippen molar-refractivity contribution in [1.29, 1.82) is 0 Å². The van der Waals surface area contributed by atoms with Crippen molar-refractivity contribution in [2.45, 2.75) is 18.9 Å². The SMILES string of the molecule is CS(=O)(=O)N1CCC(Nc2ncc(N)cn2)CC1. The monoisotopic (exact) mass is 271 g/mol. The van der Waals surface area contributed by atoms with Crippen molar-refractivity contribution in [3.05, 3.63) is 12.4 Å². The number of hydrogen-bond acceptors (Lipinski definition) is 6. The van der Waals surface area contributed by atoms with Crippen LogP contribution >= 0.6 is 0 Å². The van der Waals surface area contributed by atoms with Crippen LogP contribution in [0.5, 0.6) is 0 Å². The predicted octanol–water partition coefficient (Wildman–Crippen LogP) is -0.105. The summed E-state index contributed by atoms with van der Waals surface area (Å²) in [5.41, 5.74) is 6.02. The van der Waals surface area contributed by atoms with Gasteiger partial charge in [-0.05, 0) is 12.8 Å². The van der Waals surface area contributed by atoms with Crippen LogP contribution in [0.4, 0.5) is 11.6 Å². The van der Waals surface area contributed by atoms with Crippen LogP contribution in [0.3, 0.4) is 0 Å². The van der Waals surface area contributed by atoms with Crippen molar-refractivity contribution in [1.82, 2.24) is 14.3 Å². The van der Waals surface area contributed by atoms with Crippen molar-refractivity contribution in [2.75, 3.05) is 30.4 Å². The number of nitrogens with zero attached hydrogens (tertiary/aromatic N) is 3. The Labute approximate surface area is 106 Å². The number of aromatic nitrogens is 2. The molecule has 8 heteroatoms. The molecule has 1 aromatic rings. The fourth-order valence-electron chi connectivity index (χ4n) is 1.93. The third-order valence-corrected chi connectivity index (χ3v) is 4.23. The Kier molecular flexibility index (Phi) is 3.67. The minimum Gasteiger partial charge on any atom is -0.396 e. The number of piperidine rings is 1. The molecule has 7 nitrogen and oxygen atoms in total. The topological polar surface area (TPSA) is 101 Å². The van der Waals surface area contributed by atoms with Crippen LogP contribution in [0.25, 0.3) is 0 Å². The molecule has 1 aliphatic heterocycles. The van der Waals surface area contributed by atoms with Crippen molar-refractivity contribution >= 4 is 21.7 Å². The van der Waals surface area contributed by atoms with Crippen molar-refractivity contribution in [3.63, 3.8) is 0 Å². The highest BCUT2D eigenvalue weighted by atomic mass is 32.2. The van der Waals surface area contributed by atoms with Crippen LogP contribution in [-0.2, 0) is 10.0 Å². The zero-order valence-corrected chi connectivity index (χ0v) is 11.0. The Morgan fingerprint density at radius 1 is 1.33 bits per heavy atom. The molecular weight excluding hydrogens is 254 g/mol. The fraction of sp³-hybridized carbons (Fsp3) is 0.600. The maximum Gasteiger partial charge on any atom is 0.222 e. The van der Waals surface area contributed by atoms with Gasteiger partial charge in [0.1, 0.15) is 0 Å². The first-order valence-electron chi connectivity index (χ1n) is 5.74. The Hall–Kier alpha value is -1.41. The molecule has 0 aliphatic carbocycles. The van der Waals surface area contributed by atoms with E-state index in [-0.39, 0.29) is 6.04 Å². The third kappa shape index (κ3) is 3.30. The first-order valence-corrected chi connectivity index (χ1v) is 7.59.